The summed E-state index contributed by atoms with van der Waals surface area (Å²) in [5.41, 5.74) is 5.20. The molecule has 2 atom stereocenters. The zero-order valence-corrected chi connectivity index (χ0v) is 8.00. The van der Waals surface area contributed by atoms with Crippen molar-refractivity contribution in [2.45, 2.75) is 32.9 Å². The van der Waals surface area contributed by atoms with Crippen LogP contribution in [0.3, 0.4) is 0 Å². The summed E-state index contributed by atoms with van der Waals surface area (Å²) in [7, 11) is 0. The highest BCUT2D eigenvalue weighted by Crippen LogP contribution is 2.01. The van der Waals surface area contributed by atoms with E-state index in [1.165, 1.54) is 0 Å². The van der Waals surface area contributed by atoms with E-state index in [-0.39, 0.29) is 23.9 Å². The third-order valence-electron chi connectivity index (χ3n) is 1.77. The molecule has 0 aromatic heterocycles. The molecule has 2 unspecified atom stereocenters. The molecular weight excluding hydrogens is 152 g/mol. The number of rotatable bonds is 5. The normalized spacial score (nSPS) is 15.7. The Bertz CT molecular complexity index is 166. The Balaban J connectivity index is 4.13. The molecule has 0 fully saturated rings. The summed E-state index contributed by atoms with van der Waals surface area (Å²) in [6.45, 7) is 9.47. The van der Waals surface area contributed by atoms with Crippen LogP contribution in [0.25, 0.3) is 0 Å². The van der Waals surface area contributed by atoms with Gasteiger partial charge in [-0.25, -0.2) is 0 Å². The second-order valence-electron chi connectivity index (χ2n) is 3.32. The van der Waals surface area contributed by atoms with Gasteiger partial charge in [-0.1, -0.05) is 19.9 Å². The van der Waals surface area contributed by atoms with Crippen LogP contribution in [0.4, 0.5) is 0 Å². The second-order valence-corrected chi connectivity index (χ2v) is 3.32. The SMILES string of the molecule is C=CC(C)NC(C(N)=O)C(C)C. The highest BCUT2D eigenvalue weighted by Gasteiger charge is 2.19. The Hall–Kier alpha value is -0.830. The van der Waals surface area contributed by atoms with E-state index in [0.717, 1.165) is 0 Å². The summed E-state index contributed by atoms with van der Waals surface area (Å²) in [5, 5.41) is 3.07. The van der Waals surface area contributed by atoms with Crippen molar-refractivity contribution in [3.63, 3.8) is 0 Å². The number of carbonyl (C=O) groups excluding carboxylic acids is 1. The lowest BCUT2D eigenvalue weighted by Crippen LogP contribution is -2.48. The number of hydrogen-bond donors (Lipinski definition) is 2. The third kappa shape index (κ3) is 3.53. The number of primary amides is 1. The van der Waals surface area contributed by atoms with Crippen molar-refractivity contribution in [2.24, 2.45) is 11.7 Å². The van der Waals surface area contributed by atoms with Crippen molar-refractivity contribution < 1.29 is 4.79 Å². The minimum Gasteiger partial charge on any atom is -0.368 e. The molecule has 70 valence electrons. The molecule has 1 amide bonds. The van der Waals surface area contributed by atoms with Gasteiger partial charge in [0.2, 0.25) is 5.91 Å². The van der Waals surface area contributed by atoms with Crippen LogP contribution in [0.15, 0.2) is 12.7 Å². The van der Waals surface area contributed by atoms with Crippen molar-refractivity contribution in [3.05, 3.63) is 12.7 Å². The van der Waals surface area contributed by atoms with Crippen LogP contribution in [0.1, 0.15) is 20.8 Å². The average molecular weight is 170 g/mol. The summed E-state index contributed by atoms with van der Waals surface area (Å²) in [6.07, 6.45) is 1.75. The van der Waals surface area contributed by atoms with Gasteiger partial charge in [0.05, 0.1) is 6.04 Å². The van der Waals surface area contributed by atoms with Crippen molar-refractivity contribution >= 4 is 5.91 Å². The van der Waals surface area contributed by atoms with Crippen LogP contribution in [-0.2, 0) is 4.79 Å². The molecule has 0 saturated heterocycles. The molecule has 0 aromatic carbocycles. The molecule has 3 heteroatoms. The largest absolute Gasteiger partial charge is 0.368 e. The molecule has 3 nitrogen and oxygen atoms in total. The van der Waals surface area contributed by atoms with E-state index in [9.17, 15) is 4.79 Å². The molecule has 0 rings (SSSR count). The lowest BCUT2D eigenvalue weighted by Gasteiger charge is -2.21. The maximum Gasteiger partial charge on any atom is 0.234 e. The van der Waals surface area contributed by atoms with Crippen LogP contribution in [-0.4, -0.2) is 18.0 Å². The quantitative estimate of drug-likeness (QED) is 0.595. The van der Waals surface area contributed by atoms with Crippen LogP contribution >= 0.6 is 0 Å². The fraction of sp³-hybridized carbons (Fsp3) is 0.667. The van der Waals surface area contributed by atoms with Gasteiger partial charge in [0, 0.05) is 6.04 Å². The van der Waals surface area contributed by atoms with Gasteiger partial charge in [-0.3, -0.25) is 10.1 Å². The lowest BCUT2D eigenvalue weighted by molar-refractivity contribution is -0.121. The van der Waals surface area contributed by atoms with E-state index in [2.05, 4.69) is 11.9 Å². The summed E-state index contributed by atoms with van der Waals surface area (Å²) in [6, 6.07) is -0.150. The van der Waals surface area contributed by atoms with Gasteiger partial charge < -0.3 is 5.73 Å². The lowest BCUT2D eigenvalue weighted by atomic mass is 10.0. The zero-order valence-electron chi connectivity index (χ0n) is 8.00. The van der Waals surface area contributed by atoms with Crippen LogP contribution in [0, 0.1) is 5.92 Å². The summed E-state index contributed by atoms with van der Waals surface area (Å²) in [4.78, 5) is 10.9. The molecule has 0 aliphatic heterocycles. The standard InChI is InChI=1S/C9H18N2O/c1-5-7(4)11-8(6(2)3)9(10)12/h5-8,11H,1H2,2-4H3,(H2,10,12). The maximum atomic E-state index is 10.9. The molecule has 3 N–H and O–H groups in total. The molecule has 12 heavy (non-hydrogen) atoms. The van der Waals surface area contributed by atoms with Gasteiger partial charge in [-0.2, -0.15) is 0 Å². The highest BCUT2D eigenvalue weighted by molar-refractivity contribution is 5.80. The Kier molecular flexibility index (Phi) is 4.59. The second kappa shape index (κ2) is 4.93. The topological polar surface area (TPSA) is 55.1 Å². The number of carbonyl (C=O) groups is 1. The predicted octanol–water partition coefficient (Wildman–Crippen LogP) is 0.660. The molecule has 0 aliphatic carbocycles. The molecule has 0 heterocycles. The molecule has 0 spiro atoms. The fourth-order valence-corrected chi connectivity index (χ4v) is 0.954. The van der Waals surface area contributed by atoms with Crippen molar-refractivity contribution in [1.82, 2.24) is 5.32 Å². The van der Waals surface area contributed by atoms with E-state index in [1.54, 1.807) is 6.08 Å². The smallest absolute Gasteiger partial charge is 0.234 e. The van der Waals surface area contributed by atoms with Crippen LogP contribution in [0.2, 0.25) is 0 Å². The van der Waals surface area contributed by atoms with Crippen molar-refractivity contribution in [3.8, 4) is 0 Å². The highest BCUT2D eigenvalue weighted by atomic mass is 16.1. The molecule has 0 bridgehead atoms. The first kappa shape index (κ1) is 11.2. The molecule has 0 saturated carbocycles. The Morgan fingerprint density at radius 1 is 1.50 bits per heavy atom. The summed E-state index contributed by atoms with van der Waals surface area (Å²) < 4.78 is 0. The Morgan fingerprint density at radius 2 is 2.00 bits per heavy atom. The molecular formula is C9H18N2O. The average Bonchev–Trinajstić information content (AvgIpc) is 1.98. The van der Waals surface area contributed by atoms with Crippen molar-refractivity contribution in [1.29, 1.82) is 0 Å². The summed E-state index contributed by atoms with van der Waals surface area (Å²) >= 11 is 0. The maximum absolute atomic E-state index is 10.9. The van der Waals surface area contributed by atoms with Gasteiger partial charge in [0.1, 0.15) is 0 Å². The number of nitrogens with one attached hydrogen (secondary N) is 1. The monoisotopic (exact) mass is 170 g/mol. The minimum atomic E-state index is -0.307. The fourth-order valence-electron chi connectivity index (χ4n) is 0.954. The Morgan fingerprint density at radius 3 is 2.25 bits per heavy atom. The number of amides is 1. The first-order valence-electron chi connectivity index (χ1n) is 4.17. The summed E-state index contributed by atoms with van der Waals surface area (Å²) in [5.74, 6) is -0.0939. The Labute approximate surface area is 74.0 Å². The number of nitrogens with two attached hydrogens (primary N) is 1. The van der Waals surface area contributed by atoms with E-state index < -0.39 is 0 Å². The van der Waals surface area contributed by atoms with E-state index in [0.29, 0.717) is 0 Å². The first-order chi connectivity index (χ1) is 5.49. The van der Waals surface area contributed by atoms with Gasteiger partial charge in [0.15, 0.2) is 0 Å². The number of hydrogen-bond acceptors (Lipinski definition) is 2. The molecule has 0 aliphatic rings. The zero-order chi connectivity index (χ0) is 9.72. The van der Waals surface area contributed by atoms with Gasteiger partial charge in [0.25, 0.3) is 0 Å². The predicted molar refractivity (Wildman–Crippen MR) is 50.6 cm³/mol. The van der Waals surface area contributed by atoms with Gasteiger partial charge in [-0.15, -0.1) is 6.58 Å². The molecule has 0 aromatic rings. The van der Waals surface area contributed by atoms with Crippen LogP contribution < -0.4 is 11.1 Å². The molecule has 0 radical (unpaired) electrons. The van der Waals surface area contributed by atoms with Gasteiger partial charge >= 0.3 is 0 Å². The third-order valence-corrected chi connectivity index (χ3v) is 1.77. The van der Waals surface area contributed by atoms with Crippen LogP contribution in [0.5, 0.6) is 0 Å². The first-order valence-corrected chi connectivity index (χ1v) is 4.17. The van der Waals surface area contributed by atoms with Crippen molar-refractivity contribution in [2.75, 3.05) is 0 Å². The van der Waals surface area contributed by atoms with E-state index >= 15 is 0 Å². The van der Waals surface area contributed by atoms with Gasteiger partial charge in [-0.05, 0) is 12.8 Å². The minimum absolute atomic E-state index is 0.116. The van der Waals surface area contributed by atoms with E-state index in [4.69, 9.17) is 5.73 Å². The van der Waals surface area contributed by atoms with E-state index in [1.807, 2.05) is 20.8 Å².